The van der Waals surface area contributed by atoms with Crippen LogP contribution in [0.4, 0.5) is 5.69 Å². The number of piperidine rings is 1. The van der Waals surface area contributed by atoms with Crippen LogP contribution < -0.4 is 5.73 Å². The predicted octanol–water partition coefficient (Wildman–Crippen LogP) is 3.60. The molecule has 1 aromatic rings. The Balaban J connectivity index is 2.07. The van der Waals surface area contributed by atoms with Gasteiger partial charge in [0.2, 0.25) is 0 Å². The first-order chi connectivity index (χ1) is 8.31. The normalized spacial score (nSPS) is 21.6. The fourth-order valence-corrected chi connectivity index (χ4v) is 2.72. The van der Waals surface area contributed by atoms with E-state index in [0.717, 1.165) is 5.69 Å². The average Bonchev–Trinajstić information content (AvgIpc) is 2.38. The standard InChI is InChI=1S/C15H24N2/c1-2-3-11-17-12-5-4-6-15(17)13-7-9-14(16)10-8-13/h7-10,15H,2-6,11-12,16H2,1H3. The van der Waals surface area contributed by atoms with E-state index >= 15 is 0 Å². The third kappa shape index (κ3) is 3.22. The van der Waals surface area contributed by atoms with Gasteiger partial charge in [-0.25, -0.2) is 0 Å². The first-order valence-electron chi connectivity index (χ1n) is 6.90. The largest absolute Gasteiger partial charge is 0.399 e. The van der Waals surface area contributed by atoms with E-state index in [1.807, 2.05) is 12.1 Å². The fraction of sp³-hybridized carbons (Fsp3) is 0.600. The molecule has 2 N–H and O–H groups in total. The lowest BCUT2D eigenvalue weighted by Gasteiger charge is -2.36. The maximum Gasteiger partial charge on any atom is 0.0348 e. The van der Waals surface area contributed by atoms with E-state index in [4.69, 9.17) is 5.73 Å². The van der Waals surface area contributed by atoms with Crippen LogP contribution in [0.2, 0.25) is 0 Å². The molecule has 1 unspecified atom stereocenters. The number of hydrogen-bond donors (Lipinski definition) is 1. The summed E-state index contributed by atoms with van der Waals surface area (Å²) in [5.74, 6) is 0. The Hall–Kier alpha value is -1.02. The molecule has 0 aliphatic carbocycles. The Morgan fingerprint density at radius 1 is 1.24 bits per heavy atom. The number of anilines is 1. The lowest BCUT2D eigenvalue weighted by molar-refractivity contribution is 0.146. The van der Waals surface area contributed by atoms with Crippen molar-refractivity contribution < 1.29 is 0 Å². The quantitative estimate of drug-likeness (QED) is 0.804. The van der Waals surface area contributed by atoms with Crippen molar-refractivity contribution in [2.24, 2.45) is 0 Å². The van der Waals surface area contributed by atoms with Gasteiger partial charge in [-0.15, -0.1) is 0 Å². The molecular weight excluding hydrogens is 208 g/mol. The van der Waals surface area contributed by atoms with Crippen molar-refractivity contribution in [3.63, 3.8) is 0 Å². The number of rotatable bonds is 4. The van der Waals surface area contributed by atoms with Crippen LogP contribution in [-0.4, -0.2) is 18.0 Å². The minimum Gasteiger partial charge on any atom is -0.399 e. The maximum absolute atomic E-state index is 5.76. The molecule has 2 nitrogen and oxygen atoms in total. The van der Waals surface area contributed by atoms with Crippen LogP contribution in [0.1, 0.15) is 50.6 Å². The first-order valence-corrected chi connectivity index (χ1v) is 6.90. The molecule has 1 aromatic carbocycles. The summed E-state index contributed by atoms with van der Waals surface area (Å²) in [5.41, 5.74) is 8.06. The number of benzene rings is 1. The zero-order valence-electron chi connectivity index (χ0n) is 10.9. The van der Waals surface area contributed by atoms with Crippen LogP contribution in [0, 0.1) is 0 Å². The molecular formula is C15H24N2. The van der Waals surface area contributed by atoms with E-state index in [2.05, 4.69) is 24.0 Å². The Bertz CT molecular complexity index is 331. The van der Waals surface area contributed by atoms with Gasteiger partial charge in [0.1, 0.15) is 0 Å². The Labute approximate surface area is 105 Å². The molecule has 0 aromatic heterocycles. The summed E-state index contributed by atoms with van der Waals surface area (Å²) in [5, 5.41) is 0. The van der Waals surface area contributed by atoms with E-state index in [1.165, 1.54) is 50.8 Å². The number of unbranched alkanes of at least 4 members (excludes halogenated alkanes) is 1. The molecule has 2 heteroatoms. The maximum atomic E-state index is 5.76. The molecule has 1 atom stereocenters. The van der Waals surface area contributed by atoms with E-state index in [-0.39, 0.29) is 0 Å². The molecule has 1 aliphatic heterocycles. The van der Waals surface area contributed by atoms with Gasteiger partial charge in [0, 0.05) is 11.7 Å². The topological polar surface area (TPSA) is 29.3 Å². The van der Waals surface area contributed by atoms with Gasteiger partial charge >= 0.3 is 0 Å². The third-order valence-electron chi connectivity index (χ3n) is 3.73. The molecule has 0 spiro atoms. The third-order valence-corrected chi connectivity index (χ3v) is 3.73. The molecule has 1 saturated heterocycles. The smallest absolute Gasteiger partial charge is 0.0348 e. The molecule has 2 rings (SSSR count). The highest BCUT2D eigenvalue weighted by Gasteiger charge is 2.22. The summed E-state index contributed by atoms with van der Waals surface area (Å²) in [4.78, 5) is 2.65. The summed E-state index contributed by atoms with van der Waals surface area (Å²) < 4.78 is 0. The second-order valence-corrected chi connectivity index (χ2v) is 5.07. The molecule has 1 aliphatic rings. The summed E-state index contributed by atoms with van der Waals surface area (Å²) in [6.45, 7) is 4.77. The van der Waals surface area contributed by atoms with Crippen molar-refractivity contribution in [3.8, 4) is 0 Å². The van der Waals surface area contributed by atoms with E-state index in [0.29, 0.717) is 6.04 Å². The number of nitrogen functional groups attached to an aromatic ring is 1. The van der Waals surface area contributed by atoms with E-state index in [9.17, 15) is 0 Å². The monoisotopic (exact) mass is 232 g/mol. The molecule has 0 radical (unpaired) electrons. The van der Waals surface area contributed by atoms with Crippen molar-refractivity contribution in [2.45, 2.75) is 45.1 Å². The highest BCUT2D eigenvalue weighted by molar-refractivity contribution is 5.40. The minimum absolute atomic E-state index is 0.621. The summed E-state index contributed by atoms with van der Waals surface area (Å²) >= 11 is 0. The van der Waals surface area contributed by atoms with Gasteiger partial charge < -0.3 is 5.73 Å². The van der Waals surface area contributed by atoms with Gasteiger partial charge in [-0.05, 0) is 50.0 Å². The van der Waals surface area contributed by atoms with Gasteiger partial charge in [0.15, 0.2) is 0 Å². The molecule has 17 heavy (non-hydrogen) atoms. The van der Waals surface area contributed by atoms with Gasteiger partial charge in [0.25, 0.3) is 0 Å². The van der Waals surface area contributed by atoms with Crippen LogP contribution in [0.3, 0.4) is 0 Å². The van der Waals surface area contributed by atoms with Crippen LogP contribution in [0.15, 0.2) is 24.3 Å². The lowest BCUT2D eigenvalue weighted by Crippen LogP contribution is -2.34. The van der Waals surface area contributed by atoms with Crippen LogP contribution >= 0.6 is 0 Å². The number of nitrogens with zero attached hydrogens (tertiary/aromatic N) is 1. The zero-order valence-corrected chi connectivity index (χ0v) is 10.9. The van der Waals surface area contributed by atoms with Gasteiger partial charge in [-0.1, -0.05) is 31.9 Å². The molecule has 1 fully saturated rings. The van der Waals surface area contributed by atoms with Gasteiger partial charge in [-0.2, -0.15) is 0 Å². The summed E-state index contributed by atoms with van der Waals surface area (Å²) in [7, 11) is 0. The molecule has 0 saturated carbocycles. The summed E-state index contributed by atoms with van der Waals surface area (Å²) in [6.07, 6.45) is 6.61. The Morgan fingerprint density at radius 2 is 2.00 bits per heavy atom. The average molecular weight is 232 g/mol. The van der Waals surface area contributed by atoms with Crippen molar-refractivity contribution in [2.75, 3.05) is 18.8 Å². The van der Waals surface area contributed by atoms with Crippen LogP contribution in [-0.2, 0) is 0 Å². The minimum atomic E-state index is 0.621. The van der Waals surface area contributed by atoms with Crippen molar-refractivity contribution in [1.29, 1.82) is 0 Å². The predicted molar refractivity (Wildman–Crippen MR) is 73.9 cm³/mol. The highest BCUT2D eigenvalue weighted by atomic mass is 15.2. The Morgan fingerprint density at radius 3 is 2.71 bits per heavy atom. The van der Waals surface area contributed by atoms with Crippen molar-refractivity contribution >= 4 is 5.69 Å². The number of likely N-dealkylation sites (tertiary alicyclic amines) is 1. The summed E-state index contributed by atoms with van der Waals surface area (Å²) in [6, 6.07) is 9.08. The molecule has 1 heterocycles. The van der Waals surface area contributed by atoms with Crippen LogP contribution in [0.5, 0.6) is 0 Å². The Kier molecular flexibility index (Phi) is 4.43. The van der Waals surface area contributed by atoms with E-state index < -0.39 is 0 Å². The van der Waals surface area contributed by atoms with Crippen molar-refractivity contribution in [3.05, 3.63) is 29.8 Å². The highest BCUT2D eigenvalue weighted by Crippen LogP contribution is 2.31. The zero-order chi connectivity index (χ0) is 12.1. The second-order valence-electron chi connectivity index (χ2n) is 5.07. The van der Waals surface area contributed by atoms with Crippen LogP contribution in [0.25, 0.3) is 0 Å². The molecule has 0 bridgehead atoms. The second kappa shape index (κ2) is 6.06. The molecule has 94 valence electrons. The van der Waals surface area contributed by atoms with Gasteiger partial charge in [0.05, 0.1) is 0 Å². The van der Waals surface area contributed by atoms with E-state index in [1.54, 1.807) is 0 Å². The SMILES string of the molecule is CCCCN1CCCCC1c1ccc(N)cc1. The number of nitrogens with two attached hydrogens (primary N) is 1. The number of hydrogen-bond acceptors (Lipinski definition) is 2. The van der Waals surface area contributed by atoms with Gasteiger partial charge in [-0.3, -0.25) is 4.90 Å². The van der Waals surface area contributed by atoms with Crippen molar-refractivity contribution in [1.82, 2.24) is 4.90 Å². The molecule has 0 amide bonds. The first kappa shape index (κ1) is 12.4. The fourth-order valence-electron chi connectivity index (χ4n) is 2.72. The lowest BCUT2D eigenvalue weighted by atomic mass is 9.95.